The largest absolute Gasteiger partial charge is 0.491 e. The molecule has 130 valence electrons. The number of ether oxygens (including phenoxy) is 1. The molecule has 0 atom stereocenters. The molecule has 0 spiro atoms. The molecular weight excluding hydrogens is 333 g/mol. The molecule has 1 aromatic carbocycles. The lowest BCUT2D eigenvalue weighted by atomic mass is 10.0. The minimum atomic E-state index is -4.49. The summed E-state index contributed by atoms with van der Waals surface area (Å²) in [5.41, 5.74) is -0.748. The van der Waals surface area contributed by atoms with Gasteiger partial charge in [-0.2, -0.15) is 13.2 Å². The van der Waals surface area contributed by atoms with E-state index in [2.05, 4.69) is 10.6 Å². The Labute approximate surface area is 139 Å². The van der Waals surface area contributed by atoms with E-state index >= 15 is 0 Å². The molecule has 1 saturated heterocycles. The third kappa shape index (κ3) is 5.28. The quantitative estimate of drug-likeness (QED) is 0.856. The lowest BCUT2D eigenvalue weighted by Gasteiger charge is -2.26. The summed E-state index contributed by atoms with van der Waals surface area (Å²) < 4.78 is 44.7. The first-order valence-corrected chi connectivity index (χ1v) is 7.12. The van der Waals surface area contributed by atoms with Gasteiger partial charge in [0.1, 0.15) is 5.75 Å². The van der Waals surface area contributed by atoms with Gasteiger partial charge >= 0.3 is 6.18 Å². The van der Waals surface area contributed by atoms with E-state index < -0.39 is 11.7 Å². The van der Waals surface area contributed by atoms with Crippen LogP contribution in [0, 0.1) is 5.92 Å². The molecule has 1 aliphatic rings. The molecule has 0 aliphatic carbocycles. The van der Waals surface area contributed by atoms with Crippen LogP contribution in [0.2, 0.25) is 0 Å². The molecule has 0 unspecified atom stereocenters. The van der Waals surface area contributed by atoms with E-state index in [1.165, 1.54) is 12.1 Å². The number of benzene rings is 1. The van der Waals surface area contributed by atoms with Crippen molar-refractivity contribution in [3.63, 3.8) is 0 Å². The van der Waals surface area contributed by atoms with Gasteiger partial charge < -0.3 is 15.4 Å². The Morgan fingerprint density at radius 3 is 2.52 bits per heavy atom. The summed E-state index contributed by atoms with van der Waals surface area (Å²) in [5.74, 6) is -0.215. The van der Waals surface area contributed by atoms with Crippen molar-refractivity contribution in [3.8, 4) is 5.75 Å². The van der Waals surface area contributed by atoms with E-state index in [4.69, 9.17) is 4.74 Å². The SMILES string of the molecule is CC(C)Oc1ccc(CNC(=O)C2CNC2)c(C(F)(F)F)c1.Cl. The molecule has 2 N–H and O–H groups in total. The van der Waals surface area contributed by atoms with E-state index in [1.54, 1.807) is 13.8 Å². The first kappa shape index (κ1) is 19.6. The molecule has 4 nitrogen and oxygen atoms in total. The first-order valence-electron chi connectivity index (χ1n) is 7.12. The van der Waals surface area contributed by atoms with Gasteiger partial charge in [0.05, 0.1) is 17.6 Å². The van der Waals surface area contributed by atoms with Crippen LogP contribution in [0.4, 0.5) is 13.2 Å². The number of halogens is 4. The average molecular weight is 353 g/mol. The van der Waals surface area contributed by atoms with Crippen LogP contribution in [-0.2, 0) is 17.5 Å². The fraction of sp³-hybridized carbons (Fsp3) is 0.533. The van der Waals surface area contributed by atoms with Crippen molar-refractivity contribution in [2.45, 2.75) is 32.7 Å². The van der Waals surface area contributed by atoms with Crippen LogP contribution >= 0.6 is 12.4 Å². The predicted molar refractivity (Wildman–Crippen MR) is 82.7 cm³/mol. The van der Waals surface area contributed by atoms with Crippen LogP contribution in [0.25, 0.3) is 0 Å². The summed E-state index contributed by atoms with van der Waals surface area (Å²) in [4.78, 5) is 11.7. The van der Waals surface area contributed by atoms with Crippen molar-refractivity contribution in [2.75, 3.05) is 13.1 Å². The number of amides is 1. The van der Waals surface area contributed by atoms with Crippen molar-refractivity contribution < 1.29 is 22.7 Å². The highest BCUT2D eigenvalue weighted by Gasteiger charge is 2.34. The Morgan fingerprint density at radius 2 is 2.04 bits per heavy atom. The molecule has 1 amide bonds. The van der Waals surface area contributed by atoms with Gasteiger partial charge in [0, 0.05) is 19.6 Å². The Morgan fingerprint density at radius 1 is 1.39 bits per heavy atom. The van der Waals surface area contributed by atoms with Gasteiger partial charge in [0.15, 0.2) is 0 Å². The number of hydrogen-bond donors (Lipinski definition) is 2. The number of alkyl halides is 3. The van der Waals surface area contributed by atoms with Crippen molar-refractivity contribution >= 4 is 18.3 Å². The summed E-state index contributed by atoms with van der Waals surface area (Å²) in [5, 5.41) is 5.50. The lowest BCUT2D eigenvalue weighted by molar-refractivity contribution is -0.138. The summed E-state index contributed by atoms with van der Waals surface area (Å²) >= 11 is 0. The molecule has 1 aliphatic heterocycles. The Balaban J connectivity index is 0.00000264. The topological polar surface area (TPSA) is 50.4 Å². The van der Waals surface area contributed by atoms with Gasteiger partial charge in [-0.1, -0.05) is 6.07 Å². The van der Waals surface area contributed by atoms with Crippen LogP contribution in [-0.4, -0.2) is 25.1 Å². The second-order valence-corrected chi connectivity index (χ2v) is 5.56. The van der Waals surface area contributed by atoms with Gasteiger partial charge in [0.2, 0.25) is 5.91 Å². The van der Waals surface area contributed by atoms with Gasteiger partial charge in [0.25, 0.3) is 0 Å². The van der Waals surface area contributed by atoms with E-state index in [9.17, 15) is 18.0 Å². The summed E-state index contributed by atoms with van der Waals surface area (Å²) in [6, 6.07) is 3.81. The predicted octanol–water partition coefficient (Wildman–Crippen LogP) is 2.75. The fourth-order valence-corrected chi connectivity index (χ4v) is 2.12. The standard InChI is InChI=1S/C15H19F3N2O2.ClH/c1-9(2)22-12-4-3-10(13(5-12)15(16,17)18)8-20-14(21)11-6-19-7-11;/h3-5,9,11,19H,6-8H2,1-2H3,(H,20,21);1H. The van der Waals surface area contributed by atoms with Crippen molar-refractivity contribution in [1.82, 2.24) is 10.6 Å². The highest BCUT2D eigenvalue weighted by atomic mass is 35.5. The molecule has 1 fully saturated rings. The monoisotopic (exact) mass is 352 g/mol. The molecule has 1 heterocycles. The maximum Gasteiger partial charge on any atom is 0.416 e. The third-order valence-electron chi connectivity index (χ3n) is 3.36. The molecular formula is C15H20ClF3N2O2. The highest BCUT2D eigenvalue weighted by molar-refractivity contribution is 5.85. The second-order valence-electron chi connectivity index (χ2n) is 5.56. The Kier molecular flexibility index (Phi) is 6.70. The van der Waals surface area contributed by atoms with Gasteiger partial charge in [-0.15, -0.1) is 12.4 Å². The minimum absolute atomic E-state index is 0. The van der Waals surface area contributed by atoms with Crippen molar-refractivity contribution in [1.29, 1.82) is 0 Å². The number of nitrogens with one attached hydrogen (secondary N) is 2. The van der Waals surface area contributed by atoms with Crippen LogP contribution < -0.4 is 15.4 Å². The zero-order valence-electron chi connectivity index (χ0n) is 12.9. The summed E-state index contributed by atoms with van der Waals surface area (Å²) in [6.45, 7) is 4.48. The first-order chi connectivity index (χ1) is 10.3. The summed E-state index contributed by atoms with van der Waals surface area (Å²) in [7, 11) is 0. The third-order valence-corrected chi connectivity index (χ3v) is 3.36. The zero-order chi connectivity index (χ0) is 16.3. The molecule has 0 bridgehead atoms. The highest BCUT2D eigenvalue weighted by Crippen LogP contribution is 2.34. The molecule has 1 aromatic rings. The maximum absolute atomic E-state index is 13.1. The van der Waals surface area contributed by atoms with Gasteiger partial charge in [-0.05, 0) is 31.5 Å². The molecule has 8 heteroatoms. The van der Waals surface area contributed by atoms with Gasteiger partial charge in [-0.25, -0.2) is 0 Å². The normalized spacial score (nSPS) is 14.9. The minimum Gasteiger partial charge on any atom is -0.491 e. The molecule has 0 saturated carbocycles. The van der Waals surface area contributed by atoms with Crippen molar-refractivity contribution in [3.05, 3.63) is 29.3 Å². The maximum atomic E-state index is 13.1. The van der Waals surface area contributed by atoms with Crippen LogP contribution in [0.15, 0.2) is 18.2 Å². The Bertz CT molecular complexity index is 546. The molecule has 23 heavy (non-hydrogen) atoms. The number of carbonyl (C=O) groups excluding carboxylic acids is 1. The lowest BCUT2D eigenvalue weighted by Crippen LogP contribution is -2.50. The number of carbonyl (C=O) groups is 1. The van der Waals surface area contributed by atoms with Crippen LogP contribution in [0.1, 0.15) is 25.0 Å². The molecule has 0 radical (unpaired) electrons. The average Bonchev–Trinajstić information content (AvgIpc) is 2.33. The fourth-order valence-electron chi connectivity index (χ4n) is 2.12. The van der Waals surface area contributed by atoms with E-state index in [0.29, 0.717) is 13.1 Å². The smallest absolute Gasteiger partial charge is 0.416 e. The zero-order valence-corrected chi connectivity index (χ0v) is 13.7. The van der Waals surface area contributed by atoms with E-state index in [-0.39, 0.29) is 48.2 Å². The summed E-state index contributed by atoms with van der Waals surface area (Å²) in [6.07, 6.45) is -4.70. The van der Waals surface area contributed by atoms with Crippen LogP contribution in [0.5, 0.6) is 5.75 Å². The Hall–Kier alpha value is -1.47. The van der Waals surface area contributed by atoms with Gasteiger partial charge in [-0.3, -0.25) is 4.79 Å². The van der Waals surface area contributed by atoms with Crippen LogP contribution in [0.3, 0.4) is 0 Å². The number of hydrogen-bond acceptors (Lipinski definition) is 3. The van der Waals surface area contributed by atoms with E-state index in [0.717, 1.165) is 6.07 Å². The molecule has 2 rings (SSSR count). The molecule has 0 aromatic heterocycles. The van der Waals surface area contributed by atoms with Crippen molar-refractivity contribution in [2.24, 2.45) is 5.92 Å². The van der Waals surface area contributed by atoms with E-state index in [1.807, 2.05) is 0 Å². The number of rotatable bonds is 5. The second kappa shape index (κ2) is 7.88.